The van der Waals surface area contributed by atoms with Crippen molar-refractivity contribution in [2.24, 2.45) is 0 Å². The lowest BCUT2D eigenvalue weighted by molar-refractivity contribution is -0.134. The molecule has 28 heavy (non-hydrogen) atoms. The minimum absolute atomic E-state index is 0.535. The molecule has 1 aliphatic heterocycles. The fraction of sp³-hybridized carbons (Fsp3) is 0.227. The van der Waals surface area contributed by atoms with Crippen LogP contribution in [0.4, 0.5) is 0 Å². The molecule has 0 aliphatic carbocycles. The summed E-state index contributed by atoms with van der Waals surface area (Å²) in [5, 5.41) is 15.6. The molecule has 6 nitrogen and oxygen atoms in total. The molecule has 2 aromatic rings. The molecule has 146 valence electrons. The van der Waals surface area contributed by atoms with Crippen LogP contribution in [0, 0.1) is 0 Å². The first-order chi connectivity index (χ1) is 13.5. The Balaban J connectivity index is 0.000000300. The van der Waals surface area contributed by atoms with Gasteiger partial charge in [-0.2, -0.15) is 0 Å². The summed E-state index contributed by atoms with van der Waals surface area (Å²) in [7, 11) is 2.20. The van der Waals surface area contributed by atoms with Crippen molar-refractivity contribution in [3.63, 3.8) is 0 Å². The number of rotatable bonds is 5. The van der Waals surface area contributed by atoms with Crippen molar-refractivity contribution in [1.29, 1.82) is 0 Å². The van der Waals surface area contributed by atoms with E-state index in [9.17, 15) is 9.59 Å². The number of aliphatic carboxylic acids is 2. The fourth-order valence-electron chi connectivity index (χ4n) is 2.98. The lowest BCUT2D eigenvalue weighted by atomic mass is 10.0. The van der Waals surface area contributed by atoms with Gasteiger partial charge < -0.3 is 10.2 Å². The summed E-state index contributed by atoms with van der Waals surface area (Å²) in [6.45, 7) is 1.19. The summed E-state index contributed by atoms with van der Waals surface area (Å²) in [6, 6.07) is 13.2. The smallest absolute Gasteiger partial charge is 0.328 e. The summed E-state index contributed by atoms with van der Waals surface area (Å²) >= 11 is 0. The van der Waals surface area contributed by atoms with E-state index in [1.165, 1.54) is 36.1 Å². The van der Waals surface area contributed by atoms with Crippen LogP contribution in [0.2, 0.25) is 0 Å². The average Bonchev–Trinajstić information content (AvgIpc) is 3.12. The fourth-order valence-corrected chi connectivity index (χ4v) is 2.98. The molecule has 1 aromatic heterocycles. The van der Waals surface area contributed by atoms with Crippen LogP contribution < -0.4 is 0 Å². The van der Waals surface area contributed by atoms with Crippen molar-refractivity contribution in [1.82, 2.24) is 9.88 Å². The van der Waals surface area contributed by atoms with Gasteiger partial charge in [0.15, 0.2) is 0 Å². The number of hydrogen-bond donors (Lipinski definition) is 2. The van der Waals surface area contributed by atoms with Gasteiger partial charge in [0.05, 0.1) is 0 Å². The Labute approximate surface area is 164 Å². The molecule has 6 heteroatoms. The molecule has 0 radical (unpaired) electrons. The maximum Gasteiger partial charge on any atom is 0.328 e. The summed E-state index contributed by atoms with van der Waals surface area (Å²) in [4.78, 5) is 25.9. The summed E-state index contributed by atoms with van der Waals surface area (Å²) < 4.78 is 0. The number of hydrogen-bond acceptors (Lipinski definition) is 4. The Morgan fingerprint density at radius 3 is 2.25 bits per heavy atom. The highest BCUT2D eigenvalue weighted by Gasteiger charge is 2.22. The molecule has 1 saturated heterocycles. The molecule has 1 fully saturated rings. The number of likely N-dealkylation sites (tertiary alicyclic amines) is 1. The summed E-state index contributed by atoms with van der Waals surface area (Å²) in [5.74, 6) is -2.51. The zero-order chi connectivity index (χ0) is 20.4. The number of carboxylic acids is 2. The number of pyridine rings is 1. The third-order valence-electron chi connectivity index (χ3n) is 4.32. The van der Waals surface area contributed by atoms with Crippen LogP contribution in [0.25, 0.3) is 12.2 Å². The predicted octanol–water partition coefficient (Wildman–Crippen LogP) is 3.73. The highest BCUT2D eigenvalue weighted by Crippen LogP contribution is 2.30. The normalized spacial score (nSPS) is 16.8. The van der Waals surface area contributed by atoms with Gasteiger partial charge in [0.2, 0.25) is 0 Å². The van der Waals surface area contributed by atoms with Crippen molar-refractivity contribution in [2.45, 2.75) is 18.9 Å². The predicted molar refractivity (Wildman–Crippen MR) is 109 cm³/mol. The first kappa shape index (κ1) is 21.1. The van der Waals surface area contributed by atoms with Gasteiger partial charge in [-0.1, -0.05) is 42.5 Å². The maximum atomic E-state index is 9.55. The van der Waals surface area contributed by atoms with E-state index in [1.54, 1.807) is 0 Å². The Morgan fingerprint density at radius 1 is 1.04 bits per heavy atom. The average molecular weight is 380 g/mol. The third kappa shape index (κ3) is 7.17. The highest BCUT2D eigenvalue weighted by atomic mass is 16.4. The van der Waals surface area contributed by atoms with Gasteiger partial charge in [0.25, 0.3) is 0 Å². The third-order valence-corrected chi connectivity index (χ3v) is 4.32. The molecule has 1 aliphatic rings. The molecular weight excluding hydrogens is 356 g/mol. The summed E-state index contributed by atoms with van der Waals surface area (Å²) in [5.41, 5.74) is 3.72. The molecule has 1 unspecified atom stereocenters. The van der Waals surface area contributed by atoms with Gasteiger partial charge >= 0.3 is 11.9 Å². The molecule has 0 spiro atoms. The standard InChI is InChI=1S/C18H20N2.C4H4O4/c1-20-11-5-8-18(20)17-12-16(13-19-14-17)10-9-15-6-3-2-4-7-15;5-3(6)1-2-4(7)8/h2-4,6-7,9-10,12-14,18H,5,8,11H2,1H3;1-2H,(H,5,6)(H,7,8). The minimum Gasteiger partial charge on any atom is -0.478 e. The van der Waals surface area contributed by atoms with E-state index in [1.807, 2.05) is 18.5 Å². The van der Waals surface area contributed by atoms with E-state index in [2.05, 4.69) is 59.4 Å². The molecule has 0 amide bonds. The lowest BCUT2D eigenvalue weighted by Gasteiger charge is -2.19. The molecule has 2 heterocycles. The van der Waals surface area contributed by atoms with Gasteiger partial charge in [0, 0.05) is 30.6 Å². The van der Waals surface area contributed by atoms with Crippen LogP contribution in [0.3, 0.4) is 0 Å². The number of carboxylic acid groups (broad SMARTS) is 2. The second-order valence-corrected chi connectivity index (χ2v) is 6.44. The Hall–Kier alpha value is -3.25. The molecule has 0 saturated carbocycles. The number of benzene rings is 1. The largest absolute Gasteiger partial charge is 0.478 e. The molecule has 0 bridgehead atoms. The Morgan fingerprint density at radius 2 is 1.68 bits per heavy atom. The maximum absolute atomic E-state index is 9.55. The number of aromatic nitrogens is 1. The highest BCUT2D eigenvalue weighted by molar-refractivity contribution is 5.89. The molecular formula is C22H24N2O4. The molecule has 1 aromatic carbocycles. The van der Waals surface area contributed by atoms with Crippen LogP contribution in [0.1, 0.15) is 35.6 Å². The van der Waals surface area contributed by atoms with Crippen molar-refractivity contribution < 1.29 is 19.8 Å². The van der Waals surface area contributed by atoms with E-state index in [-0.39, 0.29) is 0 Å². The van der Waals surface area contributed by atoms with Crippen molar-refractivity contribution in [3.8, 4) is 0 Å². The van der Waals surface area contributed by atoms with Gasteiger partial charge in [-0.3, -0.25) is 9.88 Å². The van der Waals surface area contributed by atoms with Crippen LogP contribution in [-0.4, -0.2) is 45.6 Å². The van der Waals surface area contributed by atoms with Crippen molar-refractivity contribution in [3.05, 3.63) is 77.6 Å². The van der Waals surface area contributed by atoms with Gasteiger partial charge in [0.1, 0.15) is 0 Å². The zero-order valence-electron chi connectivity index (χ0n) is 15.7. The first-order valence-corrected chi connectivity index (χ1v) is 8.98. The molecule has 3 rings (SSSR count). The topological polar surface area (TPSA) is 90.7 Å². The monoisotopic (exact) mass is 380 g/mol. The van der Waals surface area contributed by atoms with Crippen LogP contribution in [0.15, 0.2) is 60.9 Å². The second kappa shape index (κ2) is 10.8. The van der Waals surface area contributed by atoms with Gasteiger partial charge in [-0.25, -0.2) is 9.59 Å². The van der Waals surface area contributed by atoms with Crippen LogP contribution in [0.5, 0.6) is 0 Å². The molecule has 1 atom stereocenters. The first-order valence-electron chi connectivity index (χ1n) is 8.98. The Kier molecular flexibility index (Phi) is 8.11. The number of nitrogens with zero attached hydrogens (tertiary/aromatic N) is 2. The lowest BCUT2D eigenvalue weighted by Crippen LogP contribution is -2.17. The van der Waals surface area contributed by atoms with Gasteiger partial charge in [-0.05, 0) is 49.2 Å². The summed E-state index contributed by atoms with van der Waals surface area (Å²) in [6.07, 6.45) is 11.9. The van der Waals surface area contributed by atoms with E-state index in [4.69, 9.17) is 10.2 Å². The van der Waals surface area contributed by atoms with Crippen LogP contribution >= 0.6 is 0 Å². The molecule has 2 N–H and O–H groups in total. The SMILES string of the molecule is CN1CCCC1c1cncc(C=Cc2ccccc2)c1.O=C(O)C=CC(=O)O. The quantitative estimate of drug-likeness (QED) is 0.768. The van der Waals surface area contributed by atoms with E-state index in [0.717, 1.165) is 0 Å². The minimum atomic E-state index is -1.26. The zero-order valence-corrected chi connectivity index (χ0v) is 15.7. The van der Waals surface area contributed by atoms with E-state index < -0.39 is 11.9 Å². The Bertz CT molecular complexity index is 831. The van der Waals surface area contributed by atoms with Crippen molar-refractivity contribution in [2.75, 3.05) is 13.6 Å². The second-order valence-electron chi connectivity index (χ2n) is 6.44. The van der Waals surface area contributed by atoms with E-state index >= 15 is 0 Å². The van der Waals surface area contributed by atoms with Gasteiger partial charge in [-0.15, -0.1) is 0 Å². The van der Waals surface area contributed by atoms with Crippen LogP contribution in [-0.2, 0) is 9.59 Å². The van der Waals surface area contributed by atoms with Crippen molar-refractivity contribution >= 4 is 24.1 Å². The van der Waals surface area contributed by atoms with E-state index in [0.29, 0.717) is 18.2 Å². The number of carbonyl (C=O) groups is 2.